The van der Waals surface area contributed by atoms with Crippen LogP contribution >= 0.6 is 0 Å². The van der Waals surface area contributed by atoms with Gasteiger partial charge < -0.3 is 55.6 Å². The fraction of sp³-hybridized carbons (Fsp3) is 0.530. The molecule has 0 heterocycles. The summed E-state index contributed by atoms with van der Waals surface area (Å²) in [6.07, 6.45) is 7.08. The minimum Gasteiger partial charge on any atom is -0.493 e. The van der Waals surface area contributed by atoms with Crippen molar-refractivity contribution >= 4 is 58.7 Å². The third-order valence-corrected chi connectivity index (χ3v) is 15.3. The molecule has 0 saturated heterocycles. The summed E-state index contributed by atoms with van der Waals surface area (Å²) >= 11 is 0. The fourth-order valence-electron chi connectivity index (χ4n) is 10.7. The molecule has 4 aromatic carbocycles. The van der Waals surface area contributed by atoms with E-state index in [1.54, 1.807) is 75.4 Å². The molecule has 18 nitrogen and oxygen atoms in total. The molecule has 3 aliphatic rings. The van der Waals surface area contributed by atoms with Crippen molar-refractivity contribution in [2.75, 3.05) is 35.8 Å². The first kappa shape index (κ1) is 63.9. The molecular formula is C66H88N6O12. The Hall–Kier alpha value is -7.63. The maximum Gasteiger partial charge on any atom is 0.407 e. The van der Waals surface area contributed by atoms with E-state index in [2.05, 4.69) is 73.4 Å². The first-order valence-corrected chi connectivity index (χ1v) is 30.1. The van der Waals surface area contributed by atoms with Crippen LogP contribution in [0.15, 0.2) is 84.9 Å². The molecule has 84 heavy (non-hydrogen) atoms. The molecule has 0 spiro atoms. The zero-order valence-electron chi connectivity index (χ0n) is 50.5. The average Bonchev–Trinajstić information content (AvgIpc) is 4.39. The van der Waals surface area contributed by atoms with E-state index in [-0.39, 0.29) is 41.0 Å². The minimum atomic E-state index is -0.697. The van der Waals surface area contributed by atoms with Gasteiger partial charge in [0.1, 0.15) is 29.5 Å². The van der Waals surface area contributed by atoms with Crippen LogP contribution in [0.5, 0.6) is 17.2 Å². The summed E-state index contributed by atoms with van der Waals surface area (Å²) in [5.41, 5.74) is 1.86. The van der Waals surface area contributed by atoms with Crippen molar-refractivity contribution < 1.29 is 57.2 Å². The summed E-state index contributed by atoms with van der Waals surface area (Å²) in [6, 6.07) is 22.5. The lowest BCUT2D eigenvalue weighted by Gasteiger charge is -2.24. The molecule has 18 heteroatoms. The number of hydrogen-bond acceptors (Lipinski definition) is 12. The van der Waals surface area contributed by atoms with E-state index < -0.39 is 65.4 Å². The number of ether oxygens (including phenoxy) is 5. The number of benzene rings is 4. The Balaban J connectivity index is 1.03. The minimum absolute atomic E-state index is 0.0749. The van der Waals surface area contributed by atoms with Crippen LogP contribution in [0, 0.1) is 35.5 Å². The Morgan fingerprint density at radius 3 is 1.23 bits per heavy atom. The molecule has 3 aliphatic carbocycles. The number of hydrogen-bond donors (Lipinski definition) is 6. The lowest BCUT2D eigenvalue weighted by Crippen LogP contribution is -2.44. The standard InChI is InChI=1S/C66H88N6O12/c1-40(2)24-27-80-50-33-44(59(73)71-57-22-14-19-54(57)62(76)69-49-32-46(35-52(38-49)82-29-26-42(5)6)64(78)83-39-43-16-11-10-12-17-43)30-47(36-50)67-61(75)53-18-13-21-56(53)70-60(74)45-31-48(37-51(34-45)81-28-25-41(3)4)68-63(77)55-20-15-23-58(55)72-65(79)84-66(7,8)9/h10-12,16-17,30-38,40-42,53-58H,13-15,18-29,39H2,1-9H3,(H,67,75)(H,68,77)(H,69,76)(H,70,74)(H,71,73)(H,72,79)/t53-,54-,55-,56-,57-,58-/m0/s1. The highest BCUT2D eigenvalue weighted by atomic mass is 16.6. The lowest BCUT2D eigenvalue weighted by molar-refractivity contribution is -0.121. The highest BCUT2D eigenvalue weighted by molar-refractivity contribution is 6.02. The lowest BCUT2D eigenvalue weighted by atomic mass is 10.0. The van der Waals surface area contributed by atoms with Crippen molar-refractivity contribution in [3.63, 3.8) is 0 Å². The molecule has 4 aromatic rings. The average molecular weight is 1160 g/mol. The Kier molecular flexibility index (Phi) is 23.0. The molecule has 0 aliphatic heterocycles. The van der Waals surface area contributed by atoms with Gasteiger partial charge in [-0.3, -0.25) is 24.0 Å². The van der Waals surface area contributed by atoms with Crippen LogP contribution in [0.2, 0.25) is 0 Å². The van der Waals surface area contributed by atoms with Crippen LogP contribution in [0.1, 0.15) is 176 Å². The number of carbonyl (C=O) groups excluding carboxylic acids is 7. The van der Waals surface area contributed by atoms with Crippen molar-refractivity contribution in [1.82, 2.24) is 16.0 Å². The third-order valence-electron chi connectivity index (χ3n) is 15.3. The van der Waals surface area contributed by atoms with Gasteiger partial charge in [0.25, 0.3) is 11.8 Å². The molecule has 0 unspecified atom stereocenters. The molecule has 454 valence electrons. The Bertz CT molecular complexity index is 2920. The van der Waals surface area contributed by atoms with Crippen molar-refractivity contribution in [2.45, 2.75) is 170 Å². The van der Waals surface area contributed by atoms with Gasteiger partial charge in [0.05, 0.1) is 43.1 Å². The van der Waals surface area contributed by atoms with E-state index in [0.717, 1.165) is 31.2 Å². The maximum absolute atomic E-state index is 14.3. The number of rotatable bonds is 26. The van der Waals surface area contributed by atoms with Crippen LogP contribution in [0.4, 0.5) is 21.9 Å². The van der Waals surface area contributed by atoms with Gasteiger partial charge >= 0.3 is 12.1 Å². The maximum atomic E-state index is 14.3. The molecular weight excluding hydrogens is 1070 g/mol. The number of nitrogens with one attached hydrogen (secondary N) is 6. The van der Waals surface area contributed by atoms with Crippen LogP contribution in [-0.2, 0) is 30.5 Å². The smallest absolute Gasteiger partial charge is 0.407 e. The molecule has 7 rings (SSSR count). The fourth-order valence-corrected chi connectivity index (χ4v) is 10.7. The van der Waals surface area contributed by atoms with Crippen LogP contribution in [0.3, 0.4) is 0 Å². The highest BCUT2D eigenvalue weighted by Crippen LogP contribution is 2.34. The van der Waals surface area contributed by atoms with Gasteiger partial charge in [-0.1, -0.05) is 91.1 Å². The summed E-state index contributed by atoms with van der Waals surface area (Å²) in [6.45, 7) is 19.1. The first-order valence-electron chi connectivity index (χ1n) is 30.1. The van der Waals surface area contributed by atoms with Crippen LogP contribution in [-0.4, -0.2) is 85.1 Å². The van der Waals surface area contributed by atoms with Crippen LogP contribution < -0.4 is 46.1 Å². The Morgan fingerprint density at radius 1 is 0.476 bits per heavy atom. The van der Waals surface area contributed by atoms with Gasteiger partial charge in [0, 0.05) is 64.5 Å². The number of anilines is 3. The summed E-state index contributed by atoms with van der Waals surface area (Å²) in [5.74, 6) is -1.89. The van der Waals surface area contributed by atoms with Crippen molar-refractivity contribution in [1.29, 1.82) is 0 Å². The van der Waals surface area contributed by atoms with Gasteiger partial charge in [0.15, 0.2) is 0 Å². The predicted molar refractivity (Wildman–Crippen MR) is 323 cm³/mol. The Labute approximate surface area is 495 Å². The summed E-state index contributed by atoms with van der Waals surface area (Å²) < 4.78 is 29.4. The second kappa shape index (κ2) is 30.3. The summed E-state index contributed by atoms with van der Waals surface area (Å²) in [4.78, 5) is 96.9. The van der Waals surface area contributed by atoms with Gasteiger partial charge in [0.2, 0.25) is 17.7 Å². The van der Waals surface area contributed by atoms with Gasteiger partial charge in [-0.05, 0) is 138 Å². The molecule has 0 aromatic heterocycles. The molecule has 0 radical (unpaired) electrons. The van der Waals surface area contributed by atoms with E-state index in [1.807, 2.05) is 30.3 Å². The number of amides is 6. The van der Waals surface area contributed by atoms with E-state index in [1.165, 1.54) is 0 Å². The molecule has 6 atom stereocenters. The third kappa shape index (κ3) is 19.8. The normalized spacial score (nSPS) is 19.3. The summed E-state index contributed by atoms with van der Waals surface area (Å²) in [7, 11) is 0. The van der Waals surface area contributed by atoms with Gasteiger partial charge in [-0.2, -0.15) is 0 Å². The van der Waals surface area contributed by atoms with Crippen molar-refractivity contribution in [2.24, 2.45) is 35.5 Å². The predicted octanol–water partition coefficient (Wildman–Crippen LogP) is 12.0. The SMILES string of the molecule is CC(C)CCOc1cc(NC(=O)[C@H]2CCC[C@@H]2NC(=O)OC(C)(C)C)cc(C(=O)N[C@H]2CCC[C@@H]2C(=O)Nc2cc(OCCC(C)C)cc(C(=O)N[C@H]3CCC[C@@H]3C(=O)Nc3cc(OCCC(C)C)cc(C(=O)OCc4ccccc4)c3)c2)c1. The molecule has 3 fully saturated rings. The molecule has 0 bridgehead atoms. The zero-order valence-corrected chi connectivity index (χ0v) is 50.5. The summed E-state index contributed by atoms with van der Waals surface area (Å²) in [5, 5.41) is 18.1. The number of carbonyl (C=O) groups is 7. The quantitative estimate of drug-likeness (QED) is 0.0322. The van der Waals surface area contributed by atoms with Crippen molar-refractivity contribution in [3.05, 3.63) is 107 Å². The first-order chi connectivity index (χ1) is 40.0. The van der Waals surface area contributed by atoms with E-state index >= 15 is 0 Å². The zero-order chi connectivity index (χ0) is 60.5. The van der Waals surface area contributed by atoms with E-state index in [4.69, 9.17) is 23.7 Å². The van der Waals surface area contributed by atoms with E-state index in [0.29, 0.717) is 123 Å². The van der Waals surface area contributed by atoms with E-state index in [9.17, 15) is 33.6 Å². The van der Waals surface area contributed by atoms with Crippen LogP contribution in [0.25, 0.3) is 0 Å². The molecule has 3 saturated carbocycles. The van der Waals surface area contributed by atoms with Gasteiger partial charge in [-0.25, -0.2) is 9.59 Å². The monoisotopic (exact) mass is 1160 g/mol. The van der Waals surface area contributed by atoms with Crippen molar-refractivity contribution in [3.8, 4) is 17.2 Å². The van der Waals surface area contributed by atoms with Gasteiger partial charge in [-0.15, -0.1) is 0 Å². The number of esters is 1. The highest BCUT2D eigenvalue weighted by Gasteiger charge is 2.38. The molecule has 6 N–H and O–H groups in total. The largest absolute Gasteiger partial charge is 0.493 e. The molecule has 6 amide bonds. The second-order valence-electron chi connectivity index (χ2n) is 24.9. The Morgan fingerprint density at radius 2 is 0.845 bits per heavy atom. The topological polar surface area (TPSA) is 238 Å². The number of alkyl carbamates (subject to hydrolysis) is 1. The second-order valence-corrected chi connectivity index (χ2v) is 24.9.